The Morgan fingerprint density at radius 2 is 1.83 bits per heavy atom. The lowest BCUT2D eigenvalue weighted by atomic mass is 10.1. The van der Waals surface area contributed by atoms with E-state index in [9.17, 15) is 14.0 Å². The second-order valence-electron chi connectivity index (χ2n) is 7.86. The number of nitrogens with zero attached hydrogens (tertiary/aromatic N) is 1. The molecule has 1 aliphatic rings. The fraction of sp³-hybridized carbons (Fsp3) is 0.259. The Labute approximate surface area is 208 Å². The van der Waals surface area contributed by atoms with Gasteiger partial charge in [-0.2, -0.15) is 0 Å². The Morgan fingerprint density at radius 3 is 2.54 bits per heavy atom. The molecule has 1 amide bonds. The number of amides is 1. The first-order valence-corrected chi connectivity index (χ1v) is 12.3. The van der Waals surface area contributed by atoms with Crippen molar-refractivity contribution in [3.8, 4) is 11.5 Å². The molecule has 0 unspecified atom stereocenters. The first-order chi connectivity index (χ1) is 17.0. The number of rotatable bonds is 8. The molecule has 0 saturated carbocycles. The molecule has 1 heterocycles. The molecule has 8 heteroatoms. The number of carbonyl (C=O) groups excluding carboxylic acids is 2. The van der Waals surface area contributed by atoms with E-state index in [1.807, 2.05) is 42.5 Å². The highest BCUT2D eigenvalue weighted by molar-refractivity contribution is 7.99. The lowest BCUT2D eigenvalue weighted by molar-refractivity contribution is -0.147. The minimum absolute atomic E-state index is 0.167. The number of esters is 1. The summed E-state index contributed by atoms with van der Waals surface area (Å²) in [7, 11) is 1.56. The standard InChI is InChI=1S/C27H26FNO5S/c1-3-33-27(31)22-17-35-26(29(22)25(30)19-10-7-11-21(28)14-19)20-12-13-23(32-2)24(15-20)34-16-18-8-5-4-6-9-18/h4-15,22,26H,3,16-17H2,1-2H3/t22-,26-/m0/s1. The first-order valence-electron chi connectivity index (χ1n) is 11.2. The fourth-order valence-electron chi connectivity index (χ4n) is 3.90. The van der Waals surface area contributed by atoms with Gasteiger partial charge < -0.3 is 19.1 Å². The van der Waals surface area contributed by atoms with E-state index in [0.717, 1.165) is 11.1 Å². The van der Waals surface area contributed by atoms with Crippen molar-refractivity contribution in [1.82, 2.24) is 4.90 Å². The maximum atomic E-state index is 13.9. The van der Waals surface area contributed by atoms with Gasteiger partial charge in [-0.15, -0.1) is 11.8 Å². The number of benzene rings is 3. The van der Waals surface area contributed by atoms with Crippen molar-refractivity contribution < 1.29 is 28.2 Å². The van der Waals surface area contributed by atoms with Gasteiger partial charge in [-0.3, -0.25) is 4.79 Å². The number of carbonyl (C=O) groups is 2. The smallest absolute Gasteiger partial charge is 0.329 e. The van der Waals surface area contributed by atoms with Gasteiger partial charge >= 0.3 is 5.97 Å². The third-order valence-electron chi connectivity index (χ3n) is 5.58. The normalized spacial score (nSPS) is 17.2. The number of methoxy groups -OCH3 is 1. The van der Waals surface area contributed by atoms with Crippen molar-refractivity contribution in [2.45, 2.75) is 24.9 Å². The van der Waals surface area contributed by atoms with Crippen LogP contribution in [0.4, 0.5) is 4.39 Å². The molecule has 1 saturated heterocycles. The molecule has 35 heavy (non-hydrogen) atoms. The van der Waals surface area contributed by atoms with Gasteiger partial charge in [-0.05, 0) is 48.4 Å². The Hall–Kier alpha value is -3.52. The number of hydrogen-bond acceptors (Lipinski definition) is 6. The Kier molecular flexibility index (Phi) is 7.92. The van der Waals surface area contributed by atoms with Gasteiger partial charge in [0.2, 0.25) is 0 Å². The van der Waals surface area contributed by atoms with E-state index in [1.54, 1.807) is 20.1 Å². The van der Waals surface area contributed by atoms with E-state index in [2.05, 4.69) is 0 Å². The number of thioether (sulfide) groups is 1. The zero-order chi connectivity index (χ0) is 24.8. The molecule has 182 valence electrons. The van der Waals surface area contributed by atoms with Gasteiger partial charge in [-0.25, -0.2) is 9.18 Å². The molecule has 0 bridgehead atoms. The summed E-state index contributed by atoms with van der Waals surface area (Å²) in [5, 5.41) is -0.495. The van der Waals surface area contributed by atoms with E-state index in [-0.39, 0.29) is 12.2 Å². The molecule has 2 atom stereocenters. The maximum Gasteiger partial charge on any atom is 0.329 e. The molecule has 3 aromatic rings. The summed E-state index contributed by atoms with van der Waals surface area (Å²) >= 11 is 1.44. The highest BCUT2D eigenvalue weighted by Gasteiger charge is 2.43. The Morgan fingerprint density at radius 1 is 1.03 bits per heavy atom. The molecule has 0 spiro atoms. The fourth-order valence-corrected chi connectivity index (χ4v) is 5.30. The summed E-state index contributed by atoms with van der Waals surface area (Å²) in [5.74, 6) is -0.0178. The highest BCUT2D eigenvalue weighted by Crippen LogP contribution is 2.44. The molecule has 6 nitrogen and oxygen atoms in total. The van der Waals surface area contributed by atoms with E-state index in [1.165, 1.54) is 40.9 Å². The molecular formula is C27H26FNO5S. The van der Waals surface area contributed by atoms with Gasteiger partial charge in [-0.1, -0.05) is 42.5 Å². The Balaban J connectivity index is 1.66. The summed E-state index contributed by atoms with van der Waals surface area (Å²) in [6.45, 7) is 2.26. The zero-order valence-corrected chi connectivity index (χ0v) is 20.3. The minimum Gasteiger partial charge on any atom is -0.493 e. The predicted octanol–water partition coefficient (Wildman–Crippen LogP) is 5.23. The highest BCUT2D eigenvalue weighted by atomic mass is 32.2. The molecule has 1 aliphatic heterocycles. The van der Waals surface area contributed by atoms with Crippen LogP contribution in [0.15, 0.2) is 72.8 Å². The summed E-state index contributed by atoms with van der Waals surface area (Å²) in [6.07, 6.45) is 0. The summed E-state index contributed by atoms with van der Waals surface area (Å²) < 4.78 is 30.6. The lowest BCUT2D eigenvalue weighted by Gasteiger charge is -2.29. The molecule has 4 rings (SSSR count). The van der Waals surface area contributed by atoms with Gasteiger partial charge in [0.15, 0.2) is 11.5 Å². The summed E-state index contributed by atoms with van der Waals surface area (Å²) in [6, 6.07) is 19.8. The van der Waals surface area contributed by atoms with Crippen LogP contribution in [-0.2, 0) is 16.1 Å². The molecular weight excluding hydrogens is 469 g/mol. The topological polar surface area (TPSA) is 65.1 Å². The van der Waals surface area contributed by atoms with E-state index in [0.29, 0.717) is 23.9 Å². The largest absolute Gasteiger partial charge is 0.493 e. The van der Waals surface area contributed by atoms with Crippen LogP contribution >= 0.6 is 11.8 Å². The monoisotopic (exact) mass is 495 g/mol. The second-order valence-corrected chi connectivity index (χ2v) is 8.97. The maximum absolute atomic E-state index is 13.9. The van der Waals surface area contributed by atoms with E-state index < -0.39 is 29.1 Å². The van der Waals surface area contributed by atoms with Gasteiger partial charge in [0.1, 0.15) is 23.8 Å². The molecule has 0 N–H and O–H groups in total. The third-order valence-corrected chi connectivity index (χ3v) is 6.90. The van der Waals surface area contributed by atoms with Crippen molar-refractivity contribution in [2.75, 3.05) is 19.5 Å². The third kappa shape index (κ3) is 5.59. The SMILES string of the molecule is CCOC(=O)[C@@H]1CS[C@@H](c2ccc(OC)c(OCc3ccccc3)c2)N1C(=O)c1cccc(F)c1. The van der Waals surface area contributed by atoms with Crippen molar-refractivity contribution in [1.29, 1.82) is 0 Å². The van der Waals surface area contributed by atoms with Crippen molar-refractivity contribution in [3.63, 3.8) is 0 Å². The van der Waals surface area contributed by atoms with Crippen molar-refractivity contribution in [2.24, 2.45) is 0 Å². The number of halogens is 1. The first kappa shape index (κ1) is 24.6. The zero-order valence-electron chi connectivity index (χ0n) is 19.5. The summed E-state index contributed by atoms with van der Waals surface area (Å²) in [4.78, 5) is 27.7. The molecule has 1 fully saturated rings. The average molecular weight is 496 g/mol. The van der Waals surface area contributed by atoms with Gasteiger partial charge in [0, 0.05) is 11.3 Å². The molecule has 0 aliphatic carbocycles. The lowest BCUT2D eigenvalue weighted by Crippen LogP contribution is -2.43. The van der Waals surface area contributed by atoms with Crippen molar-refractivity contribution >= 4 is 23.6 Å². The van der Waals surface area contributed by atoms with Gasteiger partial charge in [0.25, 0.3) is 5.91 Å². The van der Waals surface area contributed by atoms with E-state index in [4.69, 9.17) is 14.2 Å². The van der Waals surface area contributed by atoms with Crippen molar-refractivity contribution in [3.05, 3.63) is 95.3 Å². The number of ether oxygens (including phenoxy) is 3. The average Bonchev–Trinajstić information content (AvgIpc) is 3.33. The number of hydrogen-bond donors (Lipinski definition) is 0. The van der Waals surface area contributed by atoms with Crippen LogP contribution in [0.25, 0.3) is 0 Å². The quantitative estimate of drug-likeness (QED) is 0.399. The van der Waals surface area contributed by atoms with Crippen LogP contribution in [-0.4, -0.2) is 42.3 Å². The second kappa shape index (κ2) is 11.3. The Bertz CT molecular complexity index is 1190. The molecule has 0 aromatic heterocycles. The van der Waals surface area contributed by atoms with Crippen LogP contribution in [0, 0.1) is 5.82 Å². The molecule has 0 radical (unpaired) electrons. The van der Waals surface area contributed by atoms with Crippen LogP contribution < -0.4 is 9.47 Å². The summed E-state index contributed by atoms with van der Waals surface area (Å²) in [5.41, 5.74) is 1.93. The van der Waals surface area contributed by atoms with Crippen LogP contribution in [0.2, 0.25) is 0 Å². The predicted molar refractivity (Wildman–Crippen MR) is 132 cm³/mol. The van der Waals surface area contributed by atoms with Gasteiger partial charge in [0.05, 0.1) is 13.7 Å². The molecule has 3 aromatic carbocycles. The van der Waals surface area contributed by atoms with Crippen LogP contribution in [0.3, 0.4) is 0 Å². The van der Waals surface area contributed by atoms with Crippen LogP contribution in [0.5, 0.6) is 11.5 Å². The minimum atomic E-state index is -0.795. The van der Waals surface area contributed by atoms with E-state index >= 15 is 0 Å². The van der Waals surface area contributed by atoms with Crippen LogP contribution in [0.1, 0.15) is 33.8 Å².